The lowest BCUT2D eigenvalue weighted by Crippen LogP contribution is -2.10. The molecule has 4 aromatic rings. The van der Waals surface area contributed by atoms with E-state index in [0.717, 1.165) is 11.0 Å². The fraction of sp³-hybridized carbons (Fsp3) is 0.222. The highest BCUT2D eigenvalue weighted by Crippen LogP contribution is 2.36. The largest absolute Gasteiger partial charge is 0.172 e. The average Bonchev–Trinajstić information content (AvgIpc) is 2.96. The topological polar surface area (TPSA) is 25.8 Å². The second-order valence-electron chi connectivity index (χ2n) is 6.52. The van der Waals surface area contributed by atoms with Crippen LogP contribution in [0.25, 0.3) is 32.6 Å². The highest BCUT2D eigenvalue weighted by Gasteiger charge is 2.17. The normalized spacial score (nSPS) is 12.5. The number of rotatable bonds is 0. The molecule has 21 heavy (non-hydrogen) atoms. The van der Waals surface area contributed by atoms with Gasteiger partial charge in [-0.3, -0.25) is 0 Å². The van der Waals surface area contributed by atoms with Crippen LogP contribution < -0.4 is 0 Å². The number of benzene rings is 3. The Morgan fingerprint density at radius 3 is 2.10 bits per heavy atom. The van der Waals surface area contributed by atoms with Crippen LogP contribution in [-0.4, -0.2) is 8.75 Å². The third kappa shape index (κ3) is 1.84. The summed E-state index contributed by atoms with van der Waals surface area (Å²) in [6.45, 7) is 6.73. The standard InChI is InChI=1S/C18H16N2S/c1-18(2,3)11-8-9-13-12-6-4-5-7-14(12)16-17(15(13)10-11)20-21-19-16/h4-10H,1-3H3. The van der Waals surface area contributed by atoms with Crippen molar-refractivity contribution in [3.63, 3.8) is 0 Å². The van der Waals surface area contributed by atoms with Crippen LogP contribution in [0.5, 0.6) is 0 Å². The van der Waals surface area contributed by atoms with Crippen molar-refractivity contribution in [1.82, 2.24) is 8.75 Å². The highest BCUT2D eigenvalue weighted by molar-refractivity contribution is 7.00. The van der Waals surface area contributed by atoms with Gasteiger partial charge >= 0.3 is 0 Å². The molecule has 0 aliphatic rings. The summed E-state index contributed by atoms with van der Waals surface area (Å²) in [5.41, 5.74) is 3.52. The van der Waals surface area contributed by atoms with Crippen LogP contribution in [0.15, 0.2) is 42.5 Å². The maximum atomic E-state index is 4.55. The molecule has 0 fully saturated rings. The van der Waals surface area contributed by atoms with Crippen molar-refractivity contribution < 1.29 is 0 Å². The molecule has 0 saturated carbocycles. The van der Waals surface area contributed by atoms with Gasteiger partial charge in [-0.1, -0.05) is 57.2 Å². The van der Waals surface area contributed by atoms with Gasteiger partial charge < -0.3 is 0 Å². The summed E-state index contributed by atoms with van der Waals surface area (Å²) >= 11 is 1.30. The predicted octanol–water partition coefficient (Wildman–Crippen LogP) is 5.30. The first-order valence-corrected chi connectivity index (χ1v) is 7.86. The maximum absolute atomic E-state index is 4.55. The van der Waals surface area contributed by atoms with Gasteiger partial charge in [-0.25, -0.2) is 0 Å². The summed E-state index contributed by atoms with van der Waals surface area (Å²) in [5, 5.41) is 4.93. The highest BCUT2D eigenvalue weighted by atomic mass is 32.1. The van der Waals surface area contributed by atoms with Crippen molar-refractivity contribution in [2.45, 2.75) is 26.2 Å². The summed E-state index contributed by atoms with van der Waals surface area (Å²) in [5.74, 6) is 0. The quantitative estimate of drug-likeness (QED) is 0.411. The van der Waals surface area contributed by atoms with Gasteiger partial charge in [0, 0.05) is 10.8 Å². The van der Waals surface area contributed by atoms with Gasteiger partial charge in [0.2, 0.25) is 0 Å². The first kappa shape index (κ1) is 12.7. The Hall–Kier alpha value is -2.00. The molecule has 0 saturated heterocycles. The van der Waals surface area contributed by atoms with E-state index in [4.69, 9.17) is 0 Å². The molecule has 2 nitrogen and oxygen atoms in total. The molecule has 0 N–H and O–H groups in total. The number of nitrogens with zero attached hydrogens (tertiary/aromatic N) is 2. The first-order valence-electron chi connectivity index (χ1n) is 7.13. The van der Waals surface area contributed by atoms with E-state index in [1.54, 1.807) is 0 Å². The molecule has 4 rings (SSSR count). The van der Waals surface area contributed by atoms with E-state index >= 15 is 0 Å². The van der Waals surface area contributed by atoms with Gasteiger partial charge in [0.15, 0.2) is 0 Å². The third-order valence-corrected chi connectivity index (χ3v) is 4.63. The summed E-state index contributed by atoms with van der Waals surface area (Å²) < 4.78 is 9.07. The number of fused-ring (bicyclic) bond motifs is 6. The van der Waals surface area contributed by atoms with E-state index < -0.39 is 0 Å². The molecular weight excluding hydrogens is 276 g/mol. The molecular formula is C18H16N2S. The van der Waals surface area contributed by atoms with Crippen molar-refractivity contribution >= 4 is 44.3 Å². The zero-order valence-electron chi connectivity index (χ0n) is 12.3. The molecule has 0 bridgehead atoms. The zero-order valence-corrected chi connectivity index (χ0v) is 13.2. The zero-order chi connectivity index (χ0) is 14.6. The van der Waals surface area contributed by atoms with Crippen LogP contribution in [0.4, 0.5) is 0 Å². The van der Waals surface area contributed by atoms with Gasteiger partial charge in [-0.15, -0.1) is 0 Å². The minimum Gasteiger partial charge on any atom is -0.172 e. The summed E-state index contributed by atoms with van der Waals surface area (Å²) in [7, 11) is 0. The third-order valence-electron chi connectivity index (χ3n) is 4.10. The van der Waals surface area contributed by atoms with Gasteiger partial charge in [-0.05, 0) is 27.8 Å². The Balaban J connectivity index is 2.25. The monoisotopic (exact) mass is 292 g/mol. The maximum Gasteiger partial charge on any atom is 0.113 e. The van der Waals surface area contributed by atoms with E-state index in [1.807, 2.05) is 0 Å². The number of aromatic nitrogens is 2. The lowest BCUT2D eigenvalue weighted by atomic mass is 9.85. The molecule has 0 atom stereocenters. The fourth-order valence-electron chi connectivity index (χ4n) is 2.91. The molecule has 3 aromatic carbocycles. The SMILES string of the molecule is CC(C)(C)c1ccc2c3ccccc3c3nsnc3c2c1. The van der Waals surface area contributed by atoms with Gasteiger partial charge in [0.25, 0.3) is 0 Å². The minimum atomic E-state index is 0.135. The van der Waals surface area contributed by atoms with E-state index in [9.17, 15) is 0 Å². The smallest absolute Gasteiger partial charge is 0.113 e. The second kappa shape index (κ2) is 4.25. The van der Waals surface area contributed by atoms with E-state index in [-0.39, 0.29) is 5.41 Å². The lowest BCUT2D eigenvalue weighted by molar-refractivity contribution is 0.591. The average molecular weight is 292 g/mol. The Morgan fingerprint density at radius 2 is 1.38 bits per heavy atom. The molecule has 3 heteroatoms. The molecule has 0 aliphatic heterocycles. The Bertz CT molecular complexity index is 977. The van der Waals surface area contributed by atoms with Crippen molar-refractivity contribution in [1.29, 1.82) is 0 Å². The van der Waals surface area contributed by atoms with E-state index in [0.29, 0.717) is 0 Å². The molecule has 0 aliphatic carbocycles. The van der Waals surface area contributed by atoms with Crippen LogP contribution >= 0.6 is 11.7 Å². The van der Waals surface area contributed by atoms with Crippen molar-refractivity contribution in [2.24, 2.45) is 0 Å². The summed E-state index contributed by atoms with van der Waals surface area (Å²) in [4.78, 5) is 0. The molecule has 0 unspecified atom stereocenters. The fourth-order valence-corrected chi connectivity index (χ4v) is 3.48. The van der Waals surface area contributed by atoms with Crippen LogP contribution in [0, 0.1) is 0 Å². The van der Waals surface area contributed by atoms with Crippen molar-refractivity contribution in [2.75, 3.05) is 0 Å². The number of hydrogen-bond donors (Lipinski definition) is 0. The Labute approximate surface area is 127 Å². The van der Waals surface area contributed by atoms with E-state index in [1.165, 1.54) is 38.8 Å². The van der Waals surface area contributed by atoms with Crippen molar-refractivity contribution in [3.8, 4) is 0 Å². The number of hydrogen-bond acceptors (Lipinski definition) is 3. The van der Waals surface area contributed by atoms with Gasteiger partial charge in [-0.2, -0.15) is 8.75 Å². The Kier molecular flexibility index (Phi) is 2.57. The first-order chi connectivity index (χ1) is 10.1. The molecule has 0 radical (unpaired) electrons. The van der Waals surface area contributed by atoms with Crippen LogP contribution in [0.3, 0.4) is 0 Å². The van der Waals surface area contributed by atoms with Gasteiger partial charge in [0.05, 0.1) is 11.7 Å². The van der Waals surface area contributed by atoms with Crippen molar-refractivity contribution in [3.05, 3.63) is 48.0 Å². The predicted molar refractivity (Wildman–Crippen MR) is 91.1 cm³/mol. The summed E-state index contributed by atoms with van der Waals surface area (Å²) in [6.07, 6.45) is 0. The minimum absolute atomic E-state index is 0.135. The van der Waals surface area contributed by atoms with Crippen LogP contribution in [0.1, 0.15) is 26.3 Å². The summed E-state index contributed by atoms with van der Waals surface area (Å²) in [6, 6.07) is 15.2. The van der Waals surface area contributed by atoms with E-state index in [2.05, 4.69) is 72.0 Å². The molecule has 1 aromatic heterocycles. The van der Waals surface area contributed by atoms with Crippen LogP contribution in [0.2, 0.25) is 0 Å². The molecule has 104 valence electrons. The second-order valence-corrected chi connectivity index (χ2v) is 7.05. The molecule has 1 heterocycles. The molecule has 0 spiro atoms. The van der Waals surface area contributed by atoms with Crippen LogP contribution in [-0.2, 0) is 5.41 Å². The molecule has 0 amide bonds. The Morgan fingerprint density at radius 1 is 0.762 bits per heavy atom. The van der Waals surface area contributed by atoms with Gasteiger partial charge in [0.1, 0.15) is 11.0 Å². The lowest BCUT2D eigenvalue weighted by Gasteiger charge is -2.20.